The molecule has 1 fully saturated rings. The van der Waals surface area contributed by atoms with E-state index in [2.05, 4.69) is 5.32 Å². The molecule has 0 amide bonds. The molecule has 94 valence electrons. The Bertz CT molecular complexity index is 394. The van der Waals surface area contributed by atoms with Gasteiger partial charge in [0.25, 0.3) is 0 Å². The Morgan fingerprint density at radius 3 is 2.82 bits per heavy atom. The first kappa shape index (κ1) is 13.0. The number of hydrogen-bond acceptors (Lipinski definition) is 4. The Hall–Kier alpha value is -0.420. The molecule has 0 saturated carbocycles. The fourth-order valence-corrected chi connectivity index (χ4v) is 3.30. The third kappa shape index (κ3) is 3.52. The van der Waals surface area contributed by atoms with Crippen LogP contribution in [0, 0.1) is 0 Å². The van der Waals surface area contributed by atoms with Crippen LogP contribution < -0.4 is 11.1 Å². The number of anilines is 1. The average Bonchev–Trinajstić information content (AvgIpc) is 2.31. The molecule has 0 radical (unpaired) electrons. The Labute approximate surface area is 111 Å². The summed E-state index contributed by atoms with van der Waals surface area (Å²) >= 11 is 7.67. The van der Waals surface area contributed by atoms with Crippen molar-refractivity contribution in [2.45, 2.75) is 23.3 Å². The van der Waals surface area contributed by atoms with Crippen LogP contribution >= 0.6 is 23.4 Å². The summed E-state index contributed by atoms with van der Waals surface area (Å²) < 4.78 is 0. The number of nitrogen functional groups attached to an aromatic ring is 1. The fourth-order valence-electron chi connectivity index (χ4n) is 1.88. The second kappa shape index (κ2) is 5.48. The first-order chi connectivity index (χ1) is 8.09. The first-order valence-corrected chi connectivity index (χ1v) is 7.06. The topological polar surface area (TPSA) is 58.3 Å². The molecular weight excluding hydrogens is 256 g/mol. The van der Waals surface area contributed by atoms with E-state index in [1.807, 2.05) is 6.07 Å². The molecule has 5 heteroatoms. The van der Waals surface area contributed by atoms with Crippen molar-refractivity contribution in [3.63, 3.8) is 0 Å². The molecule has 0 spiro atoms. The normalized spacial score (nSPS) is 19.2. The van der Waals surface area contributed by atoms with Crippen molar-refractivity contribution in [3.05, 3.63) is 23.2 Å². The van der Waals surface area contributed by atoms with E-state index in [1.54, 1.807) is 23.9 Å². The predicted octanol–water partition coefficient (Wildman–Crippen LogP) is 2.13. The maximum atomic E-state index is 10.4. The van der Waals surface area contributed by atoms with E-state index in [0.29, 0.717) is 16.5 Å². The van der Waals surface area contributed by atoms with Crippen LogP contribution in [0.4, 0.5) is 5.69 Å². The van der Waals surface area contributed by atoms with Gasteiger partial charge in [0, 0.05) is 16.3 Å². The zero-order valence-electron chi connectivity index (χ0n) is 9.58. The van der Waals surface area contributed by atoms with Gasteiger partial charge in [0.15, 0.2) is 0 Å². The van der Waals surface area contributed by atoms with E-state index in [4.69, 9.17) is 17.3 Å². The van der Waals surface area contributed by atoms with Crippen LogP contribution in [0.15, 0.2) is 23.1 Å². The lowest BCUT2D eigenvalue weighted by molar-refractivity contribution is 0.0339. The molecule has 0 aliphatic carbocycles. The number of benzene rings is 1. The molecule has 0 unspecified atom stereocenters. The van der Waals surface area contributed by atoms with Crippen molar-refractivity contribution >= 4 is 29.1 Å². The Kier molecular flexibility index (Phi) is 4.20. The van der Waals surface area contributed by atoms with Gasteiger partial charge in [-0.3, -0.25) is 0 Å². The van der Waals surface area contributed by atoms with Crippen LogP contribution in [-0.2, 0) is 0 Å². The van der Waals surface area contributed by atoms with Gasteiger partial charge >= 0.3 is 0 Å². The van der Waals surface area contributed by atoms with Gasteiger partial charge < -0.3 is 16.2 Å². The van der Waals surface area contributed by atoms with Crippen LogP contribution in [-0.4, -0.2) is 29.5 Å². The van der Waals surface area contributed by atoms with Crippen LogP contribution in [0.5, 0.6) is 0 Å². The fraction of sp³-hybridized carbons (Fsp3) is 0.500. The van der Waals surface area contributed by atoms with Gasteiger partial charge in [-0.15, -0.1) is 11.8 Å². The third-order valence-corrected chi connectivity index (χ3v) is 4.76. The molecule has 17 heavy (non-hydrogen) atoms. The number of nitrogens with one attached hydrogen (secondary N) is 1. The standard InChI is InChI=1S/C12H17ClN2OS/c13-10-2-1-9(14)7-11(10)17-8-12(16)3-5-15-6-4-12/h1-2,7,15-16H,3-6,8,14H2. The van der Waals surface area contributed by atoms with Gasteiger partial charge in [-0.2, -0.15) is 0 Å². The maximum Gasteiger partial charge on any atom is 0.0765 e. The minimum atomic E-state index is -0.580. The largest absolute Gasteiger partial charge is 0.399 e. The molecule has 3 nitrogen and oxygen atoms in total. The lowest BCUT2D eigenvalue weighted by Crippen LogP contribution is -2.43. The molecule has 1 aliphatic rings. The number of rotatable bonds is 3. The van der Waals surface area contributed by atoms with Gasteiger partial charge in [-0.05, 0) is 44.1 Å². The van der Waals surface area contributed by atoms with Crippen LogP contribution in [0.2, 0.25) is 5.02 Å². The van der Waals surface area contributed by atoms with Crippen molar-refractivity contribution in [1.29, 1.82) is 0 Å². The molecule has 1 aliphatic heterocycles. The highest BCUT2D eigenvalue weighted by Crippen LogP contribution is 2.33. The quantitative estimate of drug-likeness (QED) is 0.583. The summed E-state index contributed by atoms with van der Waals surface area (Å²) in [7, 11) is 0. The summed E-state index contributed by atoms with van der Waals surface area (Å²) in [5.41, 5.74) is 5.85. The minimum Gasteiger partial charge on any atom is -0.399 e. The van der Waals surface area contributed by atoms with Crippen molar-refractivity contribution in [2.24, 2.45) is 0 Å². The lowest BCUT2D eigenvalue weighted by Gasteiger charge is -2.32. The summed E-state index contributed by atoms with van der Waals surface area (Å²) in [6.07, 6.45) is 1.58. The van der Waals surface area contributed by atoms with Crippen LogP contribution in [0.1, 0.15) is 12.8 Å². The molecule has 1 aromatic carbocycles. The van der Waals surface area contributed by atoms with Gasteiger partial charge in [-0.1, -0.05) is 11.6 Å². The molecule has 2 rings (SSSR count). The molecule has 0 bridgehead atoms. The number of aliphatic hydroxyl groups is 1. The van der Waals surface area contributed by atoms with Crippen LogP contribution in [0.3, 0.4) is 0 Å². The Morgan fingerprint density at radius 1 is 1.41 bits per heavy atom. The maximum absolute atomic E-state index is 10.4. The molecule has 0 atom stereocenters. The molecule has 0 aromatic heterocycles. The summed E-state index contributed by atoms with van der Waals surface area (Å²) in [6.45, 7) is 1.75. The summed E-state index contributed by atoms with van der Waals surface area (Å²) in [4.78, 5) is 0.943. The SMILES string of the molecule is Nc1ccc(Cl)c(SCC2(O)CCNCC2)c1. The molecule has 1 aromatic rings. The summed E-state index contributed by atoms with van der Waals surface area (Å²) in [5.74, 6) is 0.665. The van der Waals surface area contributed by atoms with Crippen molar-refractivity contribution < 1.29 is 5.11 Å². The molecule has 1 saturated heterocycles. The van der Waals surface area contributed by atoms with E-state index in [-0.39, 0.29) is 0 Å². The molecule has 4 N–H and O–H groups in total. The smallest absolute Gasteiger partial charge is 0.0765 e. The summed E-state index contributed by atoms with van der Waals surface area (Å²) in [5, 5.41) is 14.3. The van der Waals surface area contributed by atoms with Gasteiger partial charge in [0.1, 0.15) is 0 Å². The molecule has 1 heterocycles. The predicted molar refractivity (Wildman–Crippen MR) is 73.6 cm³/mol. The Morgan fingerprint density at radius 2 is 2.12 bits per heavy atom. The molecular formula is C12H17ClN2OS. The lowest BCUT2D eigenvalue weighted by atomic mass is 9.95. The minimum absolute atomic E-state index is 0.580. The van der Waals surface area contributed by atoms with E-state index in [0.717, 1.165) is 30.8 Å². The third-order valence-electron chi connectivity index (χ3n) is 2.99. The zero-order valence-corrected chi connectivity index (χ0v) is 11.2. The van der Waals surface area contributed by atoms with E-state index in [1.165, 1.54) is 0 Å². The Balaban J connectivity index is 1.99. The van der Waals surface area contributed by atoms with E-state index < -0.39 is 5.60 Å². The van der Waals surface area contributed by atoms with E-state index >= 15 is 0 Å². The van der Waals surface area contributed by atoms with E-state index in [9.17, 15) is 5.11 Å². The van der Waals surface area contributed by atoms with Gasteiger partial charge in [0.2, 0.25) is 0 Å². The van der Waals surface area contributed by atoms with Crippen molar-refractivity contribution in [1.82, 2.24) is 5.32 Å². The second-order valence-corrected chi connectivity index (χ2v) is 5.88. The summed E-state index contributed by atoms with van der Waals surface area (Å²) in [6, 6.07) is 5.44. The first-order valence-electron chi connectivity index (χ1n) is 5.70. The van der Waals surface area contributed by atoms with Crippen molar-refractivity contribution in [3.8, 4) is 0 Å². The number of halogens is 1. The number of hydrogen-bond donors (Lipinski definition) is 3. The highest BCUT2D eigenvalue weighted by molar-refractivity contribution is 7.99. The highest BCUT2D eigenvalue weighted by Gasteiger charge is 2.29. The monoisotopic (exact) mass is 272 g/mol. The zero-order chi connectivity index (χ0) is 12.3. The van der Waals surface area contributed by atoms with Gasteiger partial charge in [-0.25, -0.2) is 0 Å². The van der Waals surface area contributed by atoms with Gasteiger partial charge in [0.05, 0.1) is 10.6 Å². The number of thioether (sulfide) groups is 1. The number of nitrogens with two attached hydrogens (primary N) is 1. The average molecular weight is 273 g/mol. The number of piperidine rings is 1. The van der Waals surface area contributed by atoms with Crippen molar-refractivity contribution in [2.75, 3.05) is 24.6 Å². The van der Waals surface area contributed by atoms with Crippen LogP contribution in [0.25, 0.3) is 0 Å². The highest BCUT2D eigenvalue weighted by atomic mass is 35.5. The second-order valence-electron chi connectivity index (χ2n) is 4.45.